The fourth-order valence-electron chi connectivity index (χ4n) is 3.46. The zero-order chi connectivity index (χ0) is 21.2. The zero-order valence-corrected chi connectivity index (χ0v) is 18.3. The van der Waals surface area contributed by atoms with Gasteiger partial charge in [-0.05, 0) is 62.1 Å². The molecule has 1 N–H and O–H groups in total. The third-order valence-electron chi connectivity index (χ3n) is 5.15. The molecule has 8 heteroatoms. The maximum absolute atomic E-state index is 13.2. The molecular formula is C21H25ClN2O4S. The van der Waals surface area contributed by atoms with Gasteiger partial charge in [0, 0.05) is 23.8 Å². The highest BCUT2D eigenvalue weighted by molar-refractivity contribution is 7.89. The topological polar surface area (TPSA) is 75.7 Å². The molecule has 0 radical (unpaired) electrons. The van der Waals surface area contributed by atoms with Crippen molar-refractivity contribution in [2.75, 3.05) is 25.5 Å². The molecule has 0 bridgehead atoms. The summed E-state index contributed by atoms with van der Waals surface area (Å²) in [5, 5.41) is 3.43. The highest BCUT2D eigenvalue weighted by atomic mass is 35.5. The average molecular weight is 437 g/mol. The van der Waals surface area contributed by atoms with Crippen molar-refractivity contribution >= 4 is 33.2 Å². The van der Waals surface area contributed by atoms with Crippen LogP contribution in [0, 0.1) is 19.8 Å². The predicted molar refractivity (Wildman–Crippen MR) is 114 cm³/mol. The summed E-state index contributed by atoms with van der Waals surface area (Å²) in [6.45, 7) is 4.22. The van der Waals surface area contributed by atoms with Crippen LogP contribution in [0.3, 0.4) is 0 Å². The van der Waals surface area contributed by atoms with Gasteiger partial charge >= 0.3 is 0 Å². The molecule has 1 saturated heterocycles. The number of rotatable bonds is 5. The number of hydrogen-bond donors (Lipinski definition) is 1. The first-order valence-corrected chi connectivity index (χ1v) is 11.3. The third kappa shape index (κ3) is 4.74. The van der Waals surface area contributed by atoms with Crippen LogP contribution in [0.25, 0.3) is 0 Å². The number of carbonyl (C=O) groups excluding carboxylic acids is 1. The molecule has 1 amide bonds. The summed E-state index contributed by atoms with van der Waals surface area (Å²) in [5.41, 5.74) is 2.36. The van der Waals surface area contributed by atoms with Gasteiger partial charge in [-0.1, -0.05) is 23.7 Å². The number of sulfonamides is 1. The fraction of sp³-hybridized carbons (Fsp3) is 0.381. The van der Waals surface area contributed by atoms with Crippen molar-refractivity contribution in [2.24, 2.45) is 5.92 Å². The highest BCUT2D eigenvalue weighted by Gasteiger charge is 2.35. The largest absolute Gasteiger partial charge is 0.495 e. The first-order chi connectivity index (χ1) is 13.7. The summed E-state index contributed by atoms with van der Waals surface area (Å²) in [6.07, 6.45) is 1.24. The van der Waals surface area contributed by atoms with E-state index in [1.165, 1.54) is 11.4 Å². The smallest absolute Gasteiger partial charge is 0.246 e. The lowest BCUT2D eigenvalue weighted by atomic mass is 9.98. The molecule has 1 aliphatic rings. The number of benzene rings is 2. The van der Waals surface area contributed by atoms with Crippen LogP contribution >= 0.6 is 11.6 Å². The molecule has 0 aliphatic carbocycles. The first-order valence-electron chi connectivity index (χ1n) is 9.44. The van der Waals surface area contributed by atoms with Gasteiger partial charge in [0.15, 0.2) is 0 Å². The molecule has 1 heterocycles. The lowest BCUT2D eigenvalue weighted by molar-refractivity contribution is -0.120. The number of ether oxygens (including phenoxy) is 1. The third-order valence-corrected chi connectivity index (χ3v) is 7.27. The van der Waals surface area contributed by atoms with E-state index in [9.17, 15) is 13.2 Å². The minimum Gasteiger partial charge on any atom is -0.495 e. The molecule has 0 unspecified atom stereocenters. The summed E-state index contributed by atoms with van der Waals surface area (Å²) in [6, 6.07) is 10.4. The molecular weight excluding hydrogens is 412 g/mol. The normalized spacial score (nSPS) is 17.7. The van der Waals surface area contributed by atoms with Gasteiger partial charge < -0.3 is 10.1 Å². The average Bonchev–Trinajstić information content (AvgIpc) is 2.70. The number of amides is 1. The number of nitrogens with one attached hydrogen (secondary N) is 1. The van der Waals surface area contributed by atoms with Gasteiger partial charge in [-0.25, -0.2) is 8.42 Å². The SMILES string of the molecule is COc1ccc(C)cc1S(=O)(=O)N1CCC[C@H](C(=O)Nc2cc(Cl)ccc2C)C1. The van der Waals surface area contributed by atoms with Crippen LogP contribution in [0.5, 0.6) is 5.75 Å². The molecule has 1 aliphatic heterocycles. The van der Waals surface area contributed by atoms with E-state index < -0.39 is 15.9 Å². The van der Waals surface area contributed by atoms with Crippen molar-refractivity contribution in [1.82, 2.24) is 4.31 Å². The molecule has 0 saturated carbocycles. The van der Waals surface area contributed by atoms with E-state index in [4.69, 9.17) is 16.3 Å². The number of anilines is 1. The Labute approximate surface area is 176 Å². The lowest BCUT2D eigenvalue weighted by Crippen LogP contribution is -2.43. The number of halogens is 1. The van der Waals surface area contributed by atoms with Crippen molar-refractivity contribution in [3.63, 3.8) is 0 Å². The highest BCUT2D eigenvalue weighted by Crippen LogP contribution is 2.31. The van der Waals surface area contributed by atoms with Gasteiger partial charge in [0.1, 0.15) is 10.6 Å². The minimum atomic E-state index is -3.77. The van der Waals surface area contributed by atoms with Crippen molar-refractivity contribution in [3.8, 4) is 5.75 Å². The van der Waals surface area contributed by atoms with Gasteiger partial charge in [-0.2, -0.15) is 4.31 Å². The second-order valence-corrected chi connectivity index (χ2v) is 9.65. The molecule has 1 fully saturated rings. The van der Waals surface area contributed by atoms with E-state index >= 15 is 0 Å². The van der Waals surface area contributed by atoms with Gasteiger partial charge in [-0.3, -0.25) is 4.79 Å². The van der Waals surface area contributed by atoms with Gasteiger partial charge in [0.05, 0.1) is 13.0 Å². The lowest BCUT2D eigenvalue weighted by Gasteiger charge is -2.31. The van der Waals surface area contributed by atoms with E-state index in [0.717, 1.165) is 11.1 Å². The summed E-state index contributed by atoms with van der Waals surface area (Å²) in [5.74, 6) is -0.337. The minimum absolute atomic E-state index is 0.130. The number of piperidine rings is 1. The second-order valence-electron chi connectivity index (χ2n) is 7.31. The Morgan fingerprint density at radius 1 is 1.21 bits per heavy atom. The summed E-state index contributed by atoms with van der Waals surface area (Å²) >= 11 is 6.03. The Bertz CT molecular complexity index is 1020. The van der Waals surface area contributed by atoms with E-state index in [0.29, 0.717) is 35.8 Å². The number of methoxy groups -OCH3 is 1. The van der Waals surface area contributed by atoms with Crippen molar-refractivity contribution in [3.05, 3.63) is 52.5 Å². The van der Waals surface area contributed by atoms with E-state index in [-0.39, 0.29) is 17.3 Å². The van der Waals surface area contributed by atoms with Crippen molar-refractivity contribution < 1.29 is 17.9 Å². The Morgan fingerprint density at radius 2 is 1.97 bits per heavy atom. The summed E-state index contributed by atoms with van der Waals surface area (Å²) in [4.78, 5) is 12.9. The van der Waals surface area contributed by atoms with E-state index in [1.807, 2.05) is 19.9 Å². The van der Waals surface area contributed by atoms with E-state index in [1.54, 1.807) is 30.3 Å². The van der Waals surface area contributed by atoms with Crippen LogP contribution in [-0.2, 0) is 14.8 Å². The number of carbonyl (C=O) groups is 1. The fourth-order valence-corrected chi connectivity index (χ4v) is 5.40. The standard InChI is InChI=1S/C21H25ClN2O4S/c1-14-6-9-19(28-3)20(11-14)29(26,27)24-10-4-5-16(13-24)21(25)23-18-12-17(22)8-7-15(18)2/h6-9,11-12,16H,4-5,10,13H2,1-3H3,(H,23,25)/t16-/m0/s1. The van der Waals surface area contributed by atoms with Crippen LogP contribution in [0.1, 0.15) is 24.0 Å². The molecule has 0 spiro atoms. The molecule has 3 rings (SSSR count). The Hall–Kier alpha value is -2.09. The van der Waals surface area contributed by atoms with Crippen molar-refractivity contribution in [1.29, 1.82) is 0 Å². The number of aryl methyl sites for hydroxylation is 2. The number of hydrogen-bond acceptors (Lipinski definition) is 4. The summed E-state index contributed by atoms with van der Waals surface area (Å²) in [7, 11) is -2.33. The van der Waals surface area contributed by atoms with Crippen LogP contribution in [-0.4, -0.2) is 38.8 Å². The molecule has 29 heavy (non-hydrogen) atoms. The molecule has 0 aromatic heterocycles. The molecule has 1 atom stereocenters. The van der Waals surface area contributed by atoms with Crippen LogP contribution in [0.15, 0.2) is 41.3 Å². The van der Waals surface area contributed by atoms with Crippen LogP contribution in [0.4, 0.5) is 5.69 Å². The maximum atomic E-state index is 13.2. The summed E-state index contributed by atoms with van der Waals surface area (Å²) < 4.78 is 33.1. The second kappa shape index (κ2) is 8.73. The van der Waals surface area contributed by atoms with E-state index in [2.05, 4.69) is 5.32 Å². The predicted octanol–water partition coefficient (Wildman–Crippen LogP) is 4.00. The Kier molecular flexibility index (Phi) is 6.51. The molecule has 156 valence electrons. The first kappa shape index (κ1) is 21.6. The molecule has 2 aromatic carbocycles. The zero-order valence-electron chi connectivity index (χ0n) is 16.7. The van der Waals surface area contributed by atoms with Gasteiger partial charge in [0.2, 0.25) is 15.9 Å². The quantitative estimate of drug-likeness (QED) is 0.768. The maximum Gasteiger partial charge on any atom is 0.246 e. The molecule has 6 nitrogen and oxygen atoms in total. The van der Waals surface area contributed by atoms with Gasteiger partial charge in [0.25, 0.3) is 0 Å². The van der Waals surface area contributed by atoms with Crippen LogP contribution in [0.2, 0.25) is 5.02 Å². The Balaban J connectivity index is 1.80. The monoisotopic (exact) mass is 436 g/mol. The molecule has 2 aromatic rings. The van der Waals surface area contributed by atoms with Crippen LogP contribution < -0.4 is 10.1 Å². The Morgan fingerprint density at radius 3 is 2.69 bits per heavy atom. The van der Waals surface area contributed by atoms with Gasteiger partial charge in [-0.15, -0.1) is 0 Å². The van der Waals surface area contributed by atoms with Crippen molar-refractivity contribution in [2.45, 2.75) is 31.6 Å². The number of nitrogens with zero attached hydrogens (tertiary/aromatic N) is 1.